The fourth-order valence-corrected chi connectivity index (χ4v) is 2.95. The molecule has 0 radical (unpaired) electrons. The zero-order valence-electron chi connectivity index (χ0n) is 10.2. The molecule has 1 amide bonds. The average Bonchev–Trinajstić information content (AvgIpc) is 2.62. The highest BCUT2D eigenvalue weighted by Gasteiger charge is 2.31. The molecule has 2 rings (SSSR count). The minimum Gasteiger partial charge on any atom is -0.550 e. The molecular weight excluding hydrogens is 301 g/mol. The van der Waals surface area contributed by atoms with Crippen LogP contribution in [-0.2, 0) is 9.59 Å². The van der Waals surface area contributed by atoms with Crippen molar-refractivity contribution < 1.29 is 19.1 Å². The molecule has 0 N–H and O–H groups in total. The van der Waals surface area contributed by atoms with Crippen LogP contribution in [0.4, 0.5) is 4.39 Å². The number of halogens is 1. The second-order valence-corrected chi connectivity index (χ2v) is 5.69. The number of carbonyl (C=O) groups is 2. The van der Waals surface area contributed by atoms with E-state index in [9.17, 15) is 19.1 Å². The normalized spacial score (nSPS) is 17.1. The van der Waals surface area contributed by atoms with Crippen molar-refractivity contribution in [3.8, 4) is 0 Å². The largest absolute Gasteiger partial charge is 0.550 e. The highest BCUT2D eigenvalue weighted by Crippen LogP contribution is 2.32. The van der Waals surface area contributed by atoms with Gasteiger partial charge in [-0.1, -0.05) is 36.1 Å². The number of thioether (sulfide) groups is 1. The second-order valence-electron chi connectivity index (χ2n) is 4.01. The van der Waals surface area contributed by atoms with Gasteiger partial charge in [0.2, 0.25) is 0 Å². The van der Waals surface area contributed by atoms with Crippen LogP contribution in [0.3, 0.4) is 0 Å². The van der Waals surface area contributed by atoms with Crippen LogP contribution in [0.5, 0.6) is 0 Å². The van der Waals surface area contributed by atoms with Crippen molar-refractivity contribution in [3.63, 3.8) is 0 Å². The Hall–Kier alpha value is -1.73. The summed E-state index contributed by atoms with van der Waals surface area (Å²) in [5, 5.41) is 10.4. The number of carbonyl (C=O) groups excluding carboxylic acids is 2. The van der Waals surface area contributed by atoms with Gasteiger partial charge in [-0.2, -0.15) is 0 Å². The Morgan fingerprint density at radius 3 is 2.90 bits per heavy atom. The van der Waals surface area contributed by atoms with Crippen molar-refractivity contribution in [3.05, 3.63) is 40.6 Å². The number of benzene rings is 1. The van der Waals surface area contributed by atoms with E-state index in [0.29, 0.717) is 14.8 Å². The van der Waals surface area contributed by atoms with Crippen molar-refractivity contribution in [2.24, 2.45) is 0 Å². The molecule has 0 saturated carbocycles. The monoisotopic (exact) mass is 310 g/mol. The van der Waals surface area contributed by atoms with Crippen LogP contribution in [0.2, 0.25) is 0 Å². The molecule has 20 heavy (non-hydrogen) atoms. The Balaban J connectivity index is 2.17. The Bertz CT molecular complexity index is 615. The van der Waals surface area contributed by atoms with Gasteiger partial charge in [-0.05, 0) is 23.8 Å². The van der Waals surface area contributed by atoms with E-state index >= 15 is 0 Å². The molecule has 0 unspecified atom stereocenters. The van der Waals surface area contributed by atoms with Crippen molar-refractivity contribution in [1.29, 1.82) is 0 Å². The number of carboxylic acids is 1. The molecule has 1 aromatic rings. The third-order valence-corrected chi connectivity index (χ3v) is 3.94. The molecule has 0 aliphatic carbocycles. The van der Waals surface area contributed by atoms with Crippen LogP contribution in [0, 0.1) is 5.82 Å². The maximum absolute atomic E-state index is 13.1. The summed E-state index contributed by atoms with van der Waals surface area (Å²) in [5.41, 5.74) is 0.547. The van der Waals surface area contributed by atoms with Gasteiger partial charge in [0.25, 0.3) is 5.91 Å². The Kier molecular flexibility index (Phi) is 4.51. The lowest BCUT2D eigenvalue weighted by Crippen LogP contribution is -2.33. The zero-order valence-corrected chi connectivity index (χ0v) is 11.8. The fourth-order valence-electron chi connectivity index (χ4n) is 1.64. The first-order chi connectivity index (χ1) is 9.47. The average molecular weight is 310 g/mol. The van der Waals surface area contributed by atoms with Gasteiger partial charge in [-0.3, -0.25) is 9.69 Å². The number of aliphatic carboxylic acids is 1. The first kappa shape index (κ1) is 14.7. The fraction of sp³-hybridized carbons (Fsp3) is 0.154. The van der Waals surface area contributed by atoms with Crippen LogP contribution in [-0.4, -0.2) is 27.6 Å². The molecule has 1 aliphatic rings. The van der Waals surface area contributed by atoms with Crippen LogP contribution >= 0.6 is 24.0 Å². The van der Waals surface area contributed by atoms with E-state index in [1.807, 2.05) is 0 Å². The van der Waals surface area contributed by atoms with Gasteiger partial charge >= 0.3 is 0 Å². The van der Waals surface area contributed by atoms with Gasteiger partial charge in [0.05, 0.1) is 4.91 Å². The lowest BCUT2D eigenvalue weighted by molar-refractivity contribution is -0.305. The summed E-state index contributed by atoms with van der Waals surface area (Å²) in [7, 11) is 0. The summed E-state index contributed by atoms with van der Waals surface area (Å²) in [6.07, 6.45) is 1.25. The van der Waals surface area contributed by atoms with Crippen molar-refractivity contribution in [2.45, 2.75) is 6.42 Å². The summed E-state index contributed by atoms with van der Waals surface area (Å²) in [4.78, 5) is 24.0. The van der Waals surface area contributed by atoms with Crippen LogP contribution < -0.4 is 5.11 Å². The molecule has 1 heterocycles. The zero-order chi connectivity index (χ0) is 14.7. The van der Waals surface area contributed by atoms with E-state index < -0.39 is 11.8 Å². The predicted octanol–water partition coefficient (Wildman–Crippen LogP) is 1.17. The molecule has 1 aromatic carbocycles. The van der Waals surface area contributed by atoms with Crippen molar-refractivity contribution in [1.82, 2.24) is 4.90 Å². The van der Waals surface area contributed by atoms with Gasteiger partial charge in [-0.25, -0.2) is 4.39 Å². The van der Waals surface area contributed by atoms with Crippen LogP contribution in [0.25, 0.3) is 6.08 Å². The quantitative estimate of drug-likeness (QED) is 0.617. The Morgan fingerprint density at radius 1 is 1.50 bits per heavy atom. The second kappa shape index (κ2) is 6.15. The molecule has 104 valence electrons. The Morgan fingerprint density at radius 2 is 2.25 bits per heavy atom. The smallest absolute Gasteiger partial charge is 0.266 e. The molecule has 0 atom stereocenters. The van der Waals surface area contributed by atoms with E-state index in [4.69, 9.17) is 12.2 Å². The number of carboxylic acid groups (broad SMARTS) is 1. The van der Waals surface area contributed by atoms with Gasteiger partial charge in [-0.15, -0.1) is 0 Å². The van der Waals surface area contributed by atoms with Gasteiger partial charge in [0.1, 0.15) is 10.1 Å². The van der Waals surface area contributed by atoms with Gasteiger partial charge in [0.15, 0.2) is 0 Å². The number of amides is 1. The third kappa shape index (κ3) is 3.43. The maximum atomic E-state index is 13.1. The molecular formula is C13H9FNO3S2-. The third-order valence-electron chi connectivity index (χ3n) is 2.56. The van der Waals surface area contributed by atoms with Crippen LogP contribution in [0.1, 0.15) is 12.0 Å². The SMILES string of the molecule is O=C([O-])CCN1C(=O)/C(=C/c2cccc(F)c2)SC1=S. The first-order valence-electron chi connectivity index (χ1n) is 5.68. The first-order valence-corrected chi connectivity index (χ1v) is 6.90. The number of rotatable bonds is 4. The van der Waals surface area contributed by atoms with Gasteiger partial charge < -0.3 is 9.90 Å². The van der Waals surface area contributed by atoms with Crippen molar-refractivity contribution in [2.75, 3.05) is 6.54 Å². The minimum atomic E-state index is -1.24. The van der Waals surface area contributed by atoms with E-state index in [1.54, 1.807) is 6.07 Å². The number of hydrogen-bond acceptors (Lipinski definition) is 5. The number of thiocarbonyl (C=S) groups is 1. The van der Waals surface area contributed by atoms with E-state index in [0.717, 1.165) is 11.8 Å². The van der Waals surface area contributed by atoms with E-state index in [-0.39, 0.29) is 18.9 Å². The lowest BCUT2D eigenvalue weighted by atomic mass is 10.2. The standard InChI is InChI=1S/C13H10FNO3S2/c14-9-3-1-2-8(6-9)7-10-12(18)15(13(19)20-10)5-4-11(16)17/h1-3,6-7H,4-5H2,(H,16,17)/p-1/b10-7-. The molecule has 0 bridgehead atoms. The van der Waals surface area contributed by atoms with Crippen molar-refractivity contribution >= 4 is 46.3 Å². The molecule has 0 spiro atoms. The van der Waals surface area contributed by atoms with E-state index in [2.05, 4.69) is 0 Å². The summed E-state index contributed by atoms with van der Waals surface area (Å²) in [6, 6.07) is 5.81. The Labute approximate surface area is 124 Å². The summed E-state index contributed by atoms with van der Waals surface area (Å²) in [5.74, 6) is -2.01. The molecule has 4 nitrogen and oxygen atoms in total. The number of nitrogens with zero attached hydrogens (tertiary/aromatic N) is 1. The summed E-state index contributed by atoms with van der Waals surface area (Å²) >= 11 is 6.10. The van der Waals surface area contributed by atoms with Crippen LogP contribution in [0.15, 0.2) is 29.2 Å². The summed E-state index contributed by atoms with van der Waals surface area (Å²) < 4.78 is 13.4. The number of hydrogen-bond donors (Lipinski definition) is 0. The highest BCUT2D eigenvalue weighted by molar-refractivity contribution is 8.26. The van der Waals surface area contributed by atoms with Gasteiger partial charge in [0, 0.05) is 18.9 Å². The molecule has 1 saturated heterocycles. The molecule has 1 fully saturated rings. The molecule has 1 aliphatic heterocycles. The highest BCUT2D eigenvalue weighted by atomic mass is 32.2. The molecule has 7 heteroatoms. The lowest BCUT2D eigenvalue weighted by Gasteiger charge is -2.14. The topological polar surface area (TPSA) is 60.4 Å². The maximum Gasteiger partial charge on any atom is 0.266 e. The van der Waals surface area contributed by atoms with E-state index in [1.165, 1.54) is 29.2 Å². The molecule has 0 aromatic heterocycles. The summed E-state index contributed by atoms with van der Waals surface area (Å²) in [6.45, 7) is -0.0203. The minimum absolute atomic E-state index is 0.0203. The predicted molar refractivity (Wildman–Crippen MR) is 75.9 cm³/mol.